The monoisotopic (exact) mass is 430 g/mol. The SMILES string of the molecule is CN1CCN(C2=CC=C(/C(=C(/CCCO)c3ccccc3)c3ccc(O)cc3)CC2)CC1. The van der Waals surface area contributed by atoms with Gasteiger partial charge in [0, 0.05) is 38.5 Å². The van der Waals surface area contributed by atoms with E-state index in [-0.39, 0.29) is 12.4 Å². The minimum Gasteiger partial charge on any atom is -0.508 e. The zero-order valence-corrected chi connectivity index (χ0v) is 19.0. The van der Waals surface area contributed by atoms with Crippen LogP contribution in [0.5, 0.6) is 5.75 Å². The number of aromatic hydroxyl groups is 1. The summed E-state index contributed by atoms with van der Waals surface area (Å²) in [5.74, 6) is 0.277. The Morgan fingerprint density at radius 3 is 2.19 bits per heavy atom. The third-order valence-electron chi connectivity index (χ3n) is 6.52. The van der Waals surface area contributed by atoms with E-state index in [4.69, 9.17) is 0 Å². The standard InChI is InChI=1S/C28H34N2O2/c1-29-17-19-30(20-18-29)25-13-9-23(10-14-25)28(24-11-15-26(32)16-12-24)27(8-5-21-31)22-6-3-2-4-7-22/h2-4,6-7,9,11-13,15-16,31-32H,5,8,10,14,17-21H2,1H3/b28-27+. The van der Waals surface area contributed by atoms with Crippen molar-refractivity contribution in [1.82, 2.24) is 9.80 Å². The van der Waals surface area contributed by atoms with Crippen molar-refractivity contribution in [2.45, 2.75) is 25.7 Å². The molecule has 4 heteroatoms. The molecule has 2 aliphatic rings. The van der Waals surface area contributed by atoms with Crippen LogP contribution in [0.15, 0.2) is 78.0 Å². The first-order valence-electron chi connectivity index (χ1n) is 11.7. The van der Waals surface area contributed by atoms with E-state index in [1.165, 1.54) is 28.0 Å². The summed E-state index contributed by atoms with van der Waals surface area (Å²) in [5, 5.41) is 19.4. The molecule has 0 aromatic heterocycles. The van der Waals surface area contributed by atoms with Crippen LogP contribution in [0, 0.1) is 0 Å². The molecule has 0 radical (unpaired) electrons. The van der Waals surface area contributed by atoms with Gasteiger partial charge in [0.1, 0.15) is 5.75 Å². The van der Waals surface area contributed by atoms with Crippen LogP contribution in [0.3, 0.4) is 0 Å². The molecule has 32 heavy (non-hydrogen) atoms. The van der Waals surface area contributed by atoms with Gasteiger partial charge in [-0.3, -0.25) is 0 Å². The van der Waals surface area contributed by atoms with E-state index < -0.39 is 0 Å². The fraction of sp³-hybridized carbons (Fsp3) is 0.357. The largest absolute Gasteiger partial charge is 0.508 e. The normalized spacial score (nSPS) is 18.1. The van der Waals surface area contributed by atoms with Crippen LogP contribution >= 0.6 is 0 Å². The Hall–Kier alpha value is -2.82. The number of aliphatic hydroxyl groups excluding tert-OH is 1. The van der Waals surface area contributed by atoms with Crippen molar-refractivity contribution in [3.63, 3.8) is 0 Å². The fourth-order valence-electron chi connectivity index (χ4n) is 4.68. The Labute approximate surface area is 191 Å². The highest BCUT2D eigenvalue weighted by atomic mass is 16.3. The van der Waals surface area contributed by atoms with Crippen LogP contribution in [-0.2, 0) is 0 Å². The number of allylic oxidation sites excluding steroid dienone is 6. The van der Waals surface area contributed by atoms with Gasteiger partial charge in [0.2, 0.25) is 0 Å². The van der Waals surface area contributed by atoms with E-state index in [1.807, 2.05) is 18.2 Å². The van der Waals surface area contributed by atoms with Gasteiger partial charge in [-0.15, -0.1) is 0 Å². The molecule has 0 bridgehead atoms. The molecule has 0 amide bonds. The number of hydrogen-bond acceptors (Lipinski definition) is 4. The van der Waals surface area contributed by atoms with E-state index in [9.17, 15) is 10.2 Å². The van der Waals surface area contributed by atoms with E-state index in [1.54, 1.807) is 12.1 Å². The minimum absolute atomic E-state index is 0.172. The van der Waals surface area contributed by atoms with Crippen LogP contribution in [0.4, 0.5) is 0 Å². The molecular formula is C28H34N2O2. The zero-order valence-electron chi connectivity index (χ0n) is 19.0. The highest BCUT2D eigenvalue weighted by molar-refractivity contribution is 5.98. The second-order valence-electron chi connectivity index (χ2n) is 8.73. The van der Waals surface area contributed by atoms with Crippen molar-refractivity contribution in [1.29, 1.82) is 0 Å². The summed E-state index contributed by atoms with van der Waals surface area (Å²) < 4.78 is 0. The lowest BCUT2D eigenvalue weighted by atomic mass is 9.83. The maximum Gasteiger partial charge on any atom is 0.115 e. The van der Waals surface area contributed by atoms with Gasteiger partial charge in [-0.05, 0) is 78.8 Å². The molecule has 2 aromatic rings. The number of likely N-dealkylation sites (N-methyl/N-ethyl adjacent to an activating group) is 1. The number of benzene rings is 2. The van der Waals surface area contributed by atoms with Crippen LogP contribution in [-0.4, -0.2) is 59.8 Å². The minimum atomic E-state index is 0.172. The molecule has 1 fully saturated rings. The first kappa shape index (κ1) is 22.4. The molecule has 2 N–H and O–H groups in total. The molecule has 1 heterocycles. The van der Waals surface area contributed by atoms with Crippen molar-refractivity contribution >= 4 is 11.1 Å². The van der Waals surface area contributed by atoms with Gasteiger partial charge < -0.3 is 20.0 Å². The van der Waals surface area contributed by atoms with Crippen molar-refractivity contribution in [3.8, 4) is 5.75 Å². The maximum absolute atomic E-state index is 9.86. The molecule has 4 rings (SSSR count). The van der Waals surface area contributed by atoms with Gasteiger partial charge in [-0.25, -0.2) is 0 Å². The number of nitrogens with zero attached hydrogens (tertiary/aromatic N) is 2. The Balaban J connectivity index is 1.76. The molecule has 0 saturated carbocycles. The summed E-state index contributed by atoms with van der Waals surface area (Å²) in [7, 11) is 2.19. The third kappa shape index (κ3) is 5.32. The van der Waals surface area contributed by atoms with E-state index in [0.717, 1.165) is 57.4 Å². The molecule has 0 unspecified atom stereocenters. The summed E-state index contributed by atoms with van der Waals surface area (Å²) in [6, 6.07) is 18.0. The summed E-state index contributed by atoms with van der Waals surface area (Å²) >= 11 is 0. The molecular weight excluding hydrogens is 396 g/mol. The Bertz CT molecular complexity index is 982. The molecule has 0 spiro atoms. The van der Waals surface area contributed by atoms with E-state index >= 15 is 0 Å². The van der Waals surface area contributed by atoms with Gasteiger partial charge in [0.25, 0.3) is 0 Å². The summed E-state index contributed by atoms with van der Waals surface area (Å²) in [6.07, 6.45) is 8.16. The predicted molar refractivity (Wildman–Crippen MR) is 132 cm³/mol. The van der Waals surface area contributed by atoms with Crippen LogP contribution in [0.1, 0.15) is 36.8 Å². The molecule has 168 valence electrons. The number of hydrogen-bond donors (Lipinski definition) is 2. The number of aliphatic hydroxyl groups is 1. The molecule has 1 aliphatic carbocycles. The topological polar surface area (TPSA) is 46.9 Å². The van der Waals surface area contributed by atoms with Crippen molar-refractivity contribution in [2.75, 3.05) is 39.8 Å². The quantitative estimate of drug-likeness (QED) is 0.612. The zero-order chi connectivity index (χ0) is 22.3. The average Bonchev–Trinajstić information content (AvgIpc) is 2.84. The van der Waals surface area contributed by atoms with Gasteiger partial charge >= 0.3 is 0 Å². The lowest BCUT2D eigenvalue weighted by Crippen LogP contribution is -2.43. The molecule has 1 saturated heterocycles. The maximum atomic E-state index is 9.86. The first-order valence-corrected chi connectivity index (χ1v) is 11.7. The summed E-state index contributed by atoms with van der Waals surface area (Å²) in [6.45, 7) is 4.60. The lowest BCUT2D eigenvalue weighted by Gasteiger charge is -2.36. The molecule has 4 nitrogen and oxygen atoms in total. The van der Waals surface area contributed by atoms with Crippen LogP contribution < -0.4 is 0 Å². The third-order valence-corrected chi connectivity index (χ3v) is 6.52. The molecule has 2 aromatic carbocycles. The molecule has 1 aliphatic heterocycles. The smallest absolute Gasteiger partial charge is 0.115 e. The number of rotatable bonds is 7. The van der Waals surface area contributed by atoms with Gasteiger partial charge in [-0.2, -0.15) is 0 Å². The first-order chi connectivity index (χ1) is 15.7. The van der Waals surface area contributed by atoms with E-state index in [0.29, 0.717) is 0 Å². The van der Waals surface area contributed by atoms with E-state index in [2.05, 4.69) is 53.3 Å². The number of piperazine rings is 1. The summed E-state index contributed by atoms with van der Waals surface area (Å²) in [5.41, 5.74) is 7.56. The summed E-state index contributed by atoms with van der Waals surface area (Å²) in [4.78, 5) is 4.92. The van der Waals surface area contributed by atoms with Crippen molar-refractivity contribution < 1.29 is 10.2 Å². The fourth-order valence-corrected chi connectivity index (χ4v) is 4.68. The van der Waals surface area contributed by atoms with Crippen molar-refractivity contribution in [3.05, 3.63) is 89.1 Å². The van der Waals surface area contributed by atoms with Gasteiger partial charge in [0.05, 0.1) is 0 Å². The van der Waals surface area contributed by atoms with Gasteiger partial charge in [-0.1, -0.05) is 48.5 Å². The predicted octanol–water partition coefficient (Wildman–Crippen LogP) is 4.93. The Morgan fingerprint density at radius 1 is 0.844 bits per heavy atom. The van der Waals surface area contributed by atoms with Crippen LogP contribution in [0.2, 0.25) is 0 Å². The van der Waals surface area contributed by atoms with Gasteiger partial charge in [0.15, 0.2) is 0 Å². The molecule has 0 atom stereocenters. The lowest BCUT2D eigenvalue weighted by molar-refractivity contribution is 0.182. The number of phenols is 1. The average molecular weight is 431 g/mol. The highest BCUT2D eigenvalue weighted by Gasteiger charge is 2.21. The van der Waals surface area contributed by atoms with Crippen molar-refractivity contribution in [2.24, 2.45) is 0 Å². The van der Waals surface area contributed by atoms with Crippen LogP contribution in [0.25, 0.3) is 11.1 Å². The second kappa shape index (κ2) is 10.7. The number of phenolic OH excluding ortho intramolecular Hbond substituents is 1. The second-order valence-corrected chi connectivity index (χ2v) is 8.73. The Morgan fingerprint density at radius 2 is 1.56 bits per heavy atom. The Kier molecular flexibility index (Phi) is 7.46. The highest BCUT2D eigenvalue weighted by Crippen LogP contribution is 2.39.